The van der Waals surface area contributed by atoms with Crippen molar-refractivity contribution < 1.29 is 13.2 Å². The molecule has 7 aliphatic carbocycles. The molecule has 12 atom stereocenters. The number of pyridine rings is 7. The van der Waals surface area contributed by atoms with Gasteiger partial charge in [-0.1, -0.05) is 24.3 Å². The first-order chi connectivity index (χ1) is 61.7. The number of halogens is 10. The fourth-order valence-corrected chi connectivity index (χ4v) is 28.4. The lowest BCUT2D eigenvalue weighted by atomic mass is 9.80. The molecule has 127 heavy (non-hydrogen) atoms. The third-order valence-corrected chi connectivity index (χ3v) is 34.2. The normalized spacial score (nSPS) is 24.6. The van der Waals surface area contributed by atoms with Gasteiger partial charge in [0.05, 0.1) is 74.7 Å². The highest BCUT2D eigenvalue weighted by Gasteiger charge is 2.47. The average molecular weight is 2160 g/mol. The average Bonchev–Trinajstić information content (AvgIpc) is 1.65. The van der Waals surface area contributed by atoms with Gasteiger partial charge in [-0.05, 0) is 365 Å². The quantitative estimate of drug-likeness (QED) is 0.145. The molecule has 0 aromatic carbocycles. The maximum atomic E-state index is 12.9. The van der Waals surface area contributed by atoms with E-state index in [0.29, 0.717) is 83.7 Å². The van der Waals surface area contributed by atoms with E-state index in [1.54, 1.807) is 18.2 Å². The Kier molecular flexibility index (Phi) is 22.6. The third kappa shape index (κ3) is 15.2. The predicted molar refractivity (Wildman–Crippen MR) is 505 cm³/mol. The van der Waals surface area contributed by atoms with E-state index in [9.17, 15) is 13.2 Å². The summed E-state index contributed by atoms with van der Waals surface area (Å²) in [5.41, 5.74) is 18.2. The Labute approximate surface area is 792 Å². The third-order valence-electron chi connectivity index (χ3n) is 28.8. The molecular formula is C96H91Br7F3N21. The lowest BCUT2D eigenvalue weighted by Gasteiger charge is -2.37. The Morgan fingerprint density at radius 3 is 0.701 bits per heavy atom. The fraction of sp³-hybridized carbons (Fsp3) is 0.417. The monoisotopic (exact) mass is 2150 g/mol. The van der Waals surface area contributed by atoms with Gasteiger partial charge in [0.2, 0.25) is 0 Å². The minimum absolute atomic E-state index is 0.318. The molecular weight excluding hydrogens is 2060 g/mol. The van der Waals surface area contributed by atoms with Crippen LogP contribution in [0.1, 0.15) is 288 Å². The molecule has 7 saturated carbocycles. The van der Waals surface area contributed by atoms with E-state index >= 15 is 0 Å². The van der Waals surface area contributed by atoms with Gasteiger partial charge >= 0.3 is 0 Å². The molecule has 0 radical (unpaired) electrons. The molecule has 14 aromatic rings. The van der Waals surface area contributed by atoms with Crippen LogP contribution in [0.4, 0.5) is 13.2 Å². The molecule has 15 aliphatic rings. The smallest absolute Gasteiger partial charge is 0.141 e. The van der Waals surface area contributed by atoms with Crippen LogP contribution in [0.15, 0.2) is 160 Å². The highest BCUT2D eigenvalue weighted by atomic mass is 79.9. The summed E-state index contributed by atoms with van der Waals surface area (Å²) in [6.45, 7) is 8.08. The van der Waals surface area contributed by atoms with Gasteiger partial charge in [-0.15, -0.1) is 0 Å². The first kappa shape index (κ1) is 84.2. The first-order valence-corrected chi connectivity index (χ1v) is 50.3. The van der Waals surface area contributed by atoms with E-state index in [2.05, 4.69) is 185 Å². The Hall–Kier alpha value is -8.33. The summed E-state index contributed by atoms with van der Waals surface area (Å²) >= 11 is 25.8. The number of imidazole rings is 6. The van der Waals surface area contributed by atoms with Crippen molar-refractivity contribution in [2.45, 2.75) is 253 Å². The highest BCUT2D eigenvalue weighted by Crippen LogP contribution is 2.58. The SMILES string of the molecule is Cc1cccc(-c2nc3n(c2Br)C2CCC3C2)n1.Cc1cccc(-c2nc3n(c2Br)[C@@H]2CC[C@H]3C2)n1.Cc1cccc(-c2nc3n(c2Br)[C@H]2CC[C@@H]3C2)n1.Cc1cccc(-c2nn3c(c2Br)C2CCC3CC2)n1.Fc1ccc(-c2nc3n(c2Br)C2CCC3C2)nc1.Fc1ccc(-c2nc3n(c2Br)[C@@H]2CC[C@H]3C2)nc1.Fc1ccc(-c2nc3n(c2Br)[C@H]2CC[C@@H]3C2)nc1. The molecule has 8 aliphatic heterocycles. The van der Waals surface area contributed by atoms with Crippen LogP contribution < -0.4 is 0 Å². The molecule has 7 fully saturated rings. The van der Waals surface area contributed by atoms with Gasteiger partial charge in [0.15, 0.2) is 0 Å². The zero-order chi connectivity index (χ0) is 86.6. The lowest BCUT2D eigenvalue weighted by molar-refractivity contribution is 0.239. The summed E-state index contributed by atoms with van der Waals surface area (Å²) in [6.07, 6.45) is 31.6. The molecule has 14 aromatic heterocycles. The van der Waals surface area contributed by atoms with Crippen LogP contribution >= 0.6 is 112 Å². The zero-order valence-electron chi connectivity index (χ0n) is 70.4. The number of aryl methyl sites for hydroxylation is 4. The number of nitrogens with zero attached hydrogens (tertiary/aromatic N) is 21. The molecule has 31 heteroatoms. The van der Waals surface area contributed by atoms with E-state index in [4.69, 9.17) is 35.0 Å². The molecule has 0 amide bonds. The predicted octanol–water partition coefficient (Wildman–Crippen LogP) is 26.7. The molecule has 29 rings (SSSR count). The number of rotatable bonds is 7. The molecule has 0 saturated heterocycles. The maximum Gasteiger partial charge on any atom is 0.141 e. The number of aromatic nitrogens is 21. The van der Waals surface area contributed by atoms with Crippen LogP contribution in [-0.4, -0.2) is 102 Å². The zero-order valence-corrected chi connectivity index (χ0v) is 81.5. The van der Waals surface area contributed by atoms with Crippen molar-refractivity contribution in [3.63, 3.8) is 0 Å². The van der Waals surface area contributed by atoms with Crippen LogP contribution in [0.5, 0.6) is 0 Å². The molecule has 650 valence electrons. The van der Waals surface area contributed by atoms with Gasteiger partial charge in [0.25, 0.3) is 0 Å². The summed E-state index contributed by atoms with van der Waals surface area (Å²) in [6, 6.07) is 38.1. The van der Waals surface area contributed by atoms with Crippen molar-refractivity contribution >= 4 is 112 Å². The topological polar surface area (TPSA) is 215 Å². The van der Waals surface area contributed by atoms with Gasteiger partial charge in [0, 0.05) is 100 Å². The second-order valence-corrected chi connectivity index (χ2v) is 41.9. The Morgan fingerprint density at radius 2 is 0.480 bits per heavy atom. The van der Waals surface area contributed by atoms with Crippen molar-refractivity contribution in [3.8, 4) is 79.7 Å². The van der Waals surface area contributed by atoms with Gasteiger partial charge in [-0.3, -0.25) is 39.6 Å². The van der Waals surface area contributed by atoms with Crippen molar-refractivity contribution in [2.24, 2.45) is 0 Å². The Balaban J connectivity index is 0.0000000875. The molecule has 21 nitrogen and oxygen atoms in total. The summed E-state index contributed by atoms with van der Waals surface area (Å²) in [5, 5.41) is 4.85. The number of fused-ring (bicyclic) bond motifs is 32. The summed E-state index contributed by atoms with van der Waals surface area (Å²) in [4.78, 5) is 59.3. The van der Waals surface area contributed by atoms with Crippen LogP contribution in [0.2, 0.25) is 0 Å². The molecule has 14 bridgehead atoms. The standard InChI is InChI=1S/C15H16BrN3.3C14H14BrN3.3C13H11BrFN3/c1-9-3-2-4-12(17-9)14-13(16)15-10-5-7-11(8-6-10)19(15)18-14;3*1-8-3-2-4-11(16-8)12-13(15)18-10-6-5-9(7-10)14(18)17-12;3*14-12-11(10-4-2-8(15)6-16-10)17-13-7-1-3-9(5-7)18(12)13/h2-4,10-11H,5-8H2,1H3;3*2-4,9-10H,5-7H2,1H3;3*2,4,6-7,9H,1,3,5H2/t;2*9-,10+;;2*7-,9+;/m.10.10./s1. The second kappa shape index (κ2) is 34.1. The maximum absolute atomic E-state index is 12.9. The summed E-state index contributed by atoms with van der Waals surface area (Å²) in [7, 11) is 0. The van der Waals surface area contributed by atoms with Gasteiger partial charge < -0.3 is 27.4 Å². The fourth-order valence-electron chi connectivity index (χ4n) is 23.0. The van der Waals surface area contributed by atoms with E-state index in [1.807, 2.05) is 94.4 Å². The van der Waals surface area contributed by atoms with Gasteiger partial charge in [0.1, 0.15) is 120 Å². The van der Waals surface area contributed by atoms with Crippen molar-refractivity contribution in [3.05, 3.63) is 241 Å². The van der Waals surface area contributed by atoms with Crippen molar-refractivity contribution in [2.75, 3.05) is 0 Å². The van der Waals surface area contributed by atoms with E-state index < -0.39 is 0 Å². The summed E-state index contributed by atoms with van der Waals surface area (Å²) < 4.78 is 62.4. The van der Waals surface area contributed by atoms with Crippen LogP contribution in [0.3, 0.4) is 0 Å². The molecule has 0 N–H and O–H groups in total. The van der Waals surface area contributed by atoms with Crippen molar-refractivity contribution in [1.82, 2.24) is 102 Å². The second-order valence-electron chi connectivity index (χ2n) is 36.6. The van der Waals surface area contributed by atoms with Crippen molar-refractivity contribution in [1.29, 1.82) is 0 Å². The highest BCUT2D eigenvalue weighted by molar-refractivity contribution is 9.11. The number of hydrogen-bond donors (Lipinski definition) is 0. The van der Waals surface area contributed by atoms with E-state index in [-0.39, 0.29) is 17.5 Å². The van der Waals surface area contributed by atoms with Gasteiger partial charge in [-0.25, -0.2) is 43.1 Å². The van der Waals surface area contributed by atoms with Crippen LogP contribution in [0.25, 0.3) is 79.7 Å². The molecule has 4 unspecified atom stereocenters. The van der Waals surface area contributed by atoms with E-state index in [1.165, 1.54) is 223 Å². The van der Waals surface area contributed by atoms with E-state index in [0.717, 1.165) is 130 Å². The molecule has 22 heterocycles. The Morgan fingerprint density at radius 1 is 0.252 bits per heavy atom. The van der Waals surface area contributed by atoms with Gasteiger partial charge in [-0.2, -0.15) is 5.10 Å². The minimum Gasteiger partial charge on any atom is -0.319 e. The largest absolute Gasteiger partial charge is 0.319 e. The first-order valence-electron chi connectivity index (χ1n) is 44.7. The molecule has 0 spiro atoms. The van der Waals surface area contributed by atoms with Crippen LogP contribution in [0, 0.1) is 45.1 Å². The number of hydrogen-bond acceptors (Lipinski definition) is 14. The Bertz CT molecular complexity index is 6070. The summed E-state index contributed by atoms with van der Waals surface area (Å²) in [5.74, 6) is 10.8. The lowest BCUT2D eigenvalue weighted by Crippen LogP contribution is -2.28. The van der Waals surface area contributed by atoms with Crippen LogP contribution in [-0.2, 0) is 0 Å². The minimum atomic E-state index is -0.318.